The first-order valence-electron chi connectivity index (χ1n) is 9.55. The van der Waals surface area contributed by atoms with Crippen molar-refractivity contribution in [2.75, 3.05) is 53.7 Å². The number of benzene rings is 1. The smallest absolute Gasteiger partial charge is 0.190 e. The van der Waals surface area contributed by atoms with Crippen molar-refractivity contribution in [2.24, 2.45) is 10.9 Å². The highest BCUT2D eigenvalue weighted by molar-refractivity contribution is 5.79. The first kappa shape index (κ1) is 20.5. The molecule has 0 atom stereocenters. The third-order valence-electron chi connectivity index (χ3n) is 4.56. The van der Waals surface area contributed by atoms with E-state index in [0.29, 0.717) is 5.92 Å². The lowest BCUT2D eigenvalue weighted by molar-refractivity contribution is 0.0203. The molecule has 1 saturated heterocycles. The minimum atomic E-state index is 0.668. The van der Waals surface area contributed by atoms with Gasteiger partial charge in [-0.25, -0.2) is 0 Å². The summed E-state index contributed by atoms with van der Waals surface area (Å²) in [5.41, 5.74) is 1.19. The van der Waals surface area contributed by atoms with Crippen molar-refractivity contribution in [3.05, 3.63) is 29.8 Å². The van der Waals surface area contributed by atoms with Crippen molar-refractivity contribution >= 4 is 5.96 Å². The highest BCUT2D eigenvalue weighted by atomic mass is 16.5. The summed E-state index contributed by atoms with van der Waals surface area (Å²) in [6, 6.07) is 8.10. The summed E-state index contributed by atoms with van der Waals surface area (Å²) < 4.78 is 16.5. The molecule has 6 heteroatoms. The van der Waals surface area contributed by atoms with Crippen LogP contribution in [-0.4, -0.2) is 59.6 Å². The Labute approximate surface area is 157 Å². The van der Waals surface area contributed by atoms with E-state index in [1.165, 1.54) is 5.56 Å². The van der Waals surface area contributed by atoms with E-state index in [1.807, 2.05) is 18.2 Å². The van der Waals surface area contributed by atoms with E-state index in [-0.39, 0.29) is 0 Å². The second-order valence-corrected chi connectivity index (χ2v) is 6.47. The molecule has 2 rings (SSSR count). The monoisotopic (exact) mass is 363 g/mol. The fourth-order valence-electron chi connectivity index (χ4n) is 2.99. The second kappa shape index (κ2) is 12.5. The Kier molecular flexibility index (Phi) is 9.90. The molecular weight excluding hydrogens is 330 g/mol. The largest absolute Gasteiger partial charge is 0.496 e. The first-order chi connectivity index (χ1) is 12.8. The number of hydrogen-bond donors (Lipinski definition) is 2. The molecule has 0 saturated carbocycles. The van der Waals surface area contributed by atoms with Crippen LogP contribution in [0.5, 0.6) is 5.75 Å². The lowest BCUT2D eigenvalue weighted by Gasteiger charge is -2.21. The number of ether oxygens (including phenoxy) is 3. The minimum absolute atomic E-state index is 0.668. The van der Waals surface area contributed by atoms with Gasteiger partial charge in [0.05, 0.1) is 7.11 Å². The average Bonchev–Trinajstić information content (AvgIpc) is 2.70. The normalized spacial score (nSPS) is 15.7. The zero-order valence-corrected chi connectivity index (χ0v) is 16.1. The molecule has 146 valence electrons. The van der Waals surface area contributed by atoms with Crippen LogP contribution in [0.15, 0.2) is 29.3 Å². The van der Waals surface area contributed by atoms with Crippen molar-refractivity contribution in [3.63, 3.8) is 0 Å². The summed E-state index contributed by atoms with van der Waals surface area (Å²) >= 11 is 0. The van der Waals surface area contributed by atoms with Crippen LogP contribution in [-0.2, 0) is 15.9 Å². The van der Waals surface area contributed by atoms with E-state index in [4.69, 9.17) is 14.2 Å². The fourth-order valence-corrected chi connectivity index (χ4v) is 2.99. The van der Waals surface area contributed by atoms with Crippen molar-refractivity contribution in [2.45, 2.75) is 25.7 Å². The molecule has 0 amide bonds. The summed E-state index contributed by atoms with van der Waals surface area (Å²) in [6.45, 7) is 5.05. The molecular formula is C20H33N3O3. The number of nitrogens with one attached hydrogen (secondary N) is 2. The number of hydrogen-bond acceptors (Lipinski definition) is 4. The van der Waals surface area contributed by atoms with Crippen molar-refractivity contribution in [1.29, 1.82) is 0 Å². The van der Waals surface area contributed by atoms with Crippen LogP contribution in [0.1, 0.15) is 24.8 Å². The predicted molar refractivity (Wildman–Crippen MR) is 105 cm³/mol. The molecule has 26 heavy (non-hydrogen) atoms. The molecule has 0 aliphatic carbocycles. The van der Waals surface area contributed by atoms with E-state index in [0.717, 1.165) is 76.9 Å². The molecule has 0 radical (unpaired) electrons. The van der Waals surface area contributed by atoms with Crippen LogP contribution >= 0.6 is 0 Å². The van der Waals surface area contributed by atoms with Gasteiger partial charge in [-0.15, -0.1) is 0 Å². The van der Waals surface area contributed by atoms with Crippen LogP contribution in [0.4, 0.5) is 0 Å². The first-order valence-corrected chi connectivity index (χ1v) is 9.55. The Hall–Kier alpha value is -1.79. The standard InChI is InChI=1S/C20H33N3O3/c1-21-20(23-12-8-18-6-3-4-7-19(18)24-2)22-11-5-13-26-16-17-9-14-25-15-10-17/h3-4,6-7,17H,5,8-16H2,1-2H3,(H2,21,22,23). The van der Waals surface area contributed by atoms with Crippen molar-refractivity contribution < 1.29 is 14.2 Å². The maximum atomic E-state index is 5.78. The number of guanidine groups is 1. The Balaban J connectivity index is 1.53. The summed E-state index contributed by atoms with van der Waals surface area (Å²) in [4.78, 5) is 4.26. The summed E-state index contributed by atoms with van der Waals surface area (Å²) in [7, 11) is 3.50. The topological polar surface area (TPSA) is 64.1 Å². The SMILES string of the molecule is CN=C(NCCCOCC1CCOCC1)NCCc1ccccc1OC. The van der Waals surface area contributed by atoms with Crippen molar-refractivity contribution in [3.8, 4) is 5.75 Å². The van der Waals surface area contributed by atoms with E-state index >= 15 is 0 Å². The van der Waals surface area contributed by atoms with Gasteiger partial charge in [0, 0.05) is 46.6 Å². The van der Waals surface area contributed by atoms with Gasteiger partial charge in [-0.2, -0.15) is 0 Å². The average molecular weight is 364 g/mol. The van der Waals surface area contributed by atoms with Crippen molar-refractivity contribution in [1.82, 2.24) is 10.6 Å². The third-order valence-corrected chi connectivity index (χ3v) is 4.56. The molecule has 1 aromatic rings. The zero-order valence-electron chi connectivity index (χ0n) is 16.1. The van der Waals surface area contributed by atoms with E-state index in [1.54, 1.807) is 14.2 Å². The van der Waals surface area contributed by atoms with Gasteiger partial charge in [0.2, 0.25) is 0 Å². The number of nitrogens with zero attached hydrogens (tertiary/aromatic N) is 1. The van der Waals surface area contributed by atoms with Gasteiger partial charge >= 0.3 is 0 Å². The number of aliphatic imine (C=N–C) groups is 1. The third kappa shape index (κ3) is 7.62. The molecule has 1 heterocycles. The van der Waals surface area contributed by atoms with E-state index in [2.05, 4.69) is 21.7 Å². The molecule has 2 N–H and O–H groups in total. The van der Waals surface area contributed by atoms with Gasteiger partial charge in [0.15, 0.2) is 5.96 Å². The quantitative estimate of drug-likeness (QED) is 0.379. The molecule has 0 spiro atoms. The molecule has 6 nitrogen and oxygen atoms in total. The molecule has 1 aliphatic heterocycles. The van der Waals surface area contributed by atoms with Gasteiger partial charge in [-0.05, 0) is 43.2 Å². The molecule has 0 aromatic heterocycles. The van der Waals surface area contributed by atoms with Crippen LogP contribution in [0, 0.1) is 5.92 Å². The van der Waals surface area contributed by atoms with E-state index in [9.17, 15) is 0 Å². The van der Waals surface area contributed by atoms with Crippen LogP contribution in [0.3, 0.4) is 0 Å². The molecule has 0 bridgehead atoms. The van der Waals surface area contributed by atoms with Gasteiger partial charge in [0.25, 0.3) is 0 Å². The Bertz CT molecular complexity index is 531. The van der Waals surface area contributed by atoms with Crippen LogP contribution < -0.4 is 15.4 Å². The predicted octanol–water partition coefficient (Wildman–Crippen LogP) is 2.24. The number of para-hydroxylation sites is 1. The summed E-state index contributed by atoms with van der Waals surface area (Å²) in [5.74, 6) is 2.42. The lowest BCUT2D eigenvalue weighted by Crippen LogP contribution is -2.39. The Morgan fingerprint density at radius 3 is 2.73 bits per heavy atom. The lowest BCUT2D eigenvalue weighted by atomic mass is 10.0. The number of rotatable bonds is 10. The van der Waals surface area contributed by atoms with Gasteiger partial charge < -0.3 is 24.8 Å². The molecule has 1 aliphatic rings. The zero-order chi connectivity index (χ0) is 18.5. The maximum Gasteiger partial charge on any atom is 0.190 e. The highest BCUT2D eigenvalue weighted by Gasteiger charge is 2.13. The summed E-state index contributed by atoms with van der Waals surface area (Å²) in [6.07, 6.45) is 4.11. The highest BCUT2D eigenvalue weighted by Crippen LogP contribution is 2.17. The molecule has 1 aromatic carbocycles. The molecule has 0 unspecified atom stereocenters. The fraction of sp³-hybridized carbons (Fsp3) is 0.650. The summed E-state index contributed by atoms with van der Waals surface area (Å²) in [5, 5.41) is 6.67. The van der Waals surface area contributed by atoms with Gasteiger partial charge in [-0.1, -0.05) is 18.2 Å². The van der Waals surface area contributed by atoms with Gasteiger partial charge in [-0.3, -0.25) is 4.99 Å². The van der Waals surface area contributed by atoms with Gasteiger partial charge in [0.1, 0.15) is 5.75 Å². The Morgan fingerprint density at radius 1 is 1.19 bits per heavy atom. The Morgan fingerprint density at radius 2 is 1.96 bits per heavy atom. The minimum Gasteiger partial charge on any atom is -0.496 e. The second-order valence-electron chi connectivity index (χ2n) is 6.47. The maximum absolute atomic E-state index is 5.78. The van der Waals surface area contributed by atoms with Crippen LogP contribution in [0.25, 0.3) is 0 Å². The van der Waals surface area contributed by atoms with E-state index < -0.39 is 0 Å². The van der Waals surface area contributed by atoms with Crippen LogP contribution in [0.2, 0.25) is 0 Å². The number of methoxy groups -OCH3 is 1. The molecule has 1 fully saturated rings.